The molecule has 0 saturated carbocycles. The number of unbranched alkanes of at least 4 members (excludes halogenated alkanes) is 3. The van der Waals surface area contributed by atoms with Gasteiger partial charge in [0.15, 0.2) is 0 Å². The molecule has 0 spiro atoms. The van der Waals surface area contributed by atoms with E-state index in [1.807, 2.05) is 0 Å². The molecule has 2 bridgehead atoms. The minimum Gasteiger partial charge on any atom is -0.465 e. The summed E-state index contributed by atoms with van der Waals surface area (Å²) in [5.41, 5.74) is 6.28. The molecule has 2 fully saturated rings. The Morgan fingerprint density at radius 3 is 2.59 bits per heavy atom. The summed E-state index contributed by atoms with van der Waals surface area (Å²) >= 11 is 0. The van der Waals surface area contributed by atoms with Crippen molar-refractivity contribution >= 4 is 28.3 Å². The highest BCUT2D eigenvalue weighted by Gasteiger charge is 2.49. The minimum absolute atomic E-state index is 0.110. The number of fused-ring (bicyclic) bond motifs is 2. The van der Waals surface area contributed by atoms with Gasteiger partial charge in [-0.25, -0.2) is 14.5 Å². The van der Waals surface area contributed by atoms with Crippen LogP contribution in [0.3, 0.4) is 0 Å². The highest BCUT2D eigenvalue weighted by atomic mass is 32.3. The Balaban J connectivity index is 1.87. The molecular formula is C20H36N4O9S. The number of hydroxylamine groups is 3. The van der Waals surface area contributed by atoms with Gasteiger partial charge in [0.05, 0.1) is 31.3 Å². The van der Waals surface area contributed by atoms with Crippen molar-refractivity contribution in [3.05, 3.63) is 0 Å². The molecule has 34 heavy (non-hydrogen) atoms. The monoisotopic (exact) mass is 508 g/mol. The molecule has 0 aliphatic carbocycles. The fourth-order valence-corrected chi connectivity index (χ4v) is 4.40. The van der Waals surface area contributed by atoms with Gasteiger partial charge >= 0.3 is 22.4 Å². The van der Waals surface area contributed by atoms with E-state index in [4.69, 9.17) is 23.8 Å². The Bertz CT molecular complexity index is 821. The van der Waals surface area contributed by atoms with Gasteiger partial charge in [-0.05, 0) is 33.1 Å². The molecule has 0 radical (unpaired) electrons. The molecule has 3 N–H and O–H groups in total. The van der Waals surface area contributed by atoms with E-state index in [0.717, 1.165) is 25.7 Å². The number of hydrogen-bond donors (Lipinski definition) is 2. The van der Waals surface area contributed by atoms with E-state index in [9.17, 15) is 22.8 Å². The Morgan fingerprint density at radius 1 is 1.18 bits per heavy atom. The molecule has 0 aromatic heterocycles. The standard InChI is InChI=1S/C20H36N4O9S/c1-4-5-6-7-11-30-18(26)20(2,3)14-32-34(28,29)33-24-15-8-9-16(23(13-15)19(24)27)17(25)22-31-12-10-21/h15-16H,4-14,21H2,1-3H3,(H,22,25). The maximum atomic E-state index is 12.7. The number of nitrogens with one attached hydrogen (secondary N) is 1. The molecule has 2 unspecified atom stereocenters. The van der Waals surface area contributed by atoms with Gasteiger partial charge in [-0.3, -0.25) is 14.4 Å². The smallest absolute Gasteiger partial charge is 0.421 e. The van der Waals surface area contributed by atoms with E-state index in [2.05, 4.69) is 12.4 Å². The van der Waals surface area contributed by atoms with E-state index in [1.54, 1.807) is 0 Å². The highest BCUT2D eigenvalue weighted by molar-refractivity contribution is 7.81. The number of carbonyl (C=O) groups excluding carboxylic acids is 3. The molecule has 3 amide bonds. The lowest BCUT2D eigenvalue weighted by Gasteiger charge is -2.28. The van der Waals surface area contributed by atoms with E-state index >= 15 is 0 Å². The highest BCUT2D eigenvalue weighted by Crippen LogP contribution is 2.31. The fourth-order valence-electron chi connectivity index (χ4n) is 3.54. The van der Waals surface area contributed by atoms with Crippen molar-refractivity contribution < 1.29 is 40.8 Å². The summed E-state index contributed by atoms with van der Waals surface area (Å²) in [6.07, 6.45) is 4.40. The van der Waals surface area contributed by atoms with Crippen LogP contribution in [0.4, 0.5) is 4.79 Å². The second kappa shape index (κ2) is 12.6. The van der Waals surface area contributed by atoms with Gasteiger partial charge in [-0.1, -0.05) is 26.2 Å². The van der Waals surface area contributed by atoms with E-state index in [1.165, 1.54) is 18.7 Å². The summed E-state index contributed by atoms with van der Waals surface area (Å²) in [6, 6.07) is -2.18. The van der Waals surface area contributed by atoms with Crippen LogP contribution >= 0.6 is 0 Å². The topological polar surface area (TPSA) is 167 Å². The summed E-state index contributed by atoms with van der Waals surface area (Å²) in [6.45, 7) is 5.22. The van der Waals surface area contributed by atoms with E-state index in [-0.39, 0.29) is 26.3 Å². The van der Waals surface area contributed by atoms with Crippen molar-refractivity contribution in [2.24, 2.45) is 11.1 Å². The van der Waals surface area contributed by atoms with Gasteiger partial charge in [0.2, 0.25) is 0 Å². The van der Waals surface area contributed by atoms with Crippen molar-refractivity contribution in [1.29, 1.82) is 0 Å². The first-order chi connectivity index (χ1) is 16.0. The van der Waals surface area contributed by atoms with Gasteiger partial charge in [0.1, 0.15) is 6.04 Å². The number of carbonyl (C=O) groups is 3. The Labute approximate surface area is 200 Å². The van der Waals surface area contributed by atoms with Crippen molar-refractivity contribution in [3.63, 3.8) is 0 Å². The van der Waals surface area contributed by atoms with Crippen LogP contribution in [-0.2, 0) is 38.0 Å². The van der Waals surface area contributed by atoms with Crippen LogP contribution in [0.25, 0.3) is 0 Å². The molecule has 0 aromatic carbocycles. The SMILES string of the molecule is CCCCCCOC(=O)C(C)(C)COS(=O)(=O)ON1C(=O)N2CC1CCC2C(=O)NOCCN. The number of urea groups is 1. The van der Waals surface area contributed by atoms with Gasteiger partial charge < -0.3 is 15.4 Å². The maximum Gasteiger partial charge on any atom is 0.421 e. The third-order valence-electron chi connectivity index (χ3n) is 5.54. The zero-order valence-electron chi connectivity index (χ0n) is 20.0. The lowest BCUT2D eigenvalue weighted by molar-refractivity contribution is -0.156. The molecule has 2 aliphatic rings. The van der Waals surface area contributed by atoms with E-state index < -0.39 is 52.4 Å². The molecule has 0 aromatic rings. The van der Waals surface area contributed by atoms with Crippen molar-refractivity contribution in [3.8, 4) is 0 Å². The van der Waals surface area contributed by atoms with Crippen LogP contribution in [0.1, 0.15) is 59.3 Å². The molecule has 14 heteroatoms. The number of nitrogens with zero attached hydrogens (tertiary/aromatic N) is 2. The summed E-state index contributed by atoms with van der Waals surface area (Å²) in [7, 11) is -4.66. The third-order valence-corrected chi connectivity index (χ3v) is 6.29. The zero-order chi connectivity index (χ0) is 25.4. The molecule has 2 aliphatic heterocycles. The fraction of sp³-hybridized carbons (Fsp3) is 0.850. The Hall–Kier alpha value is -2.00. The van der Waals surface area contributed by atoms with Crippen molar-refractivity contribution in [2.45, 2.75) is 71.4 Å². The molecule has 2 rings (SSSR count). The first-order valence-corrected chi connectivity index (χ1v) is 12.8. The van der Waals surface area contributed by atoms with Crippen LogP contribution in [0, 0.1) is 5.41 Å². The van der Waals surface area contributed by atoms with Gasteiger partial charge in [0.25, 0.3) is 5.91 Å². The van der Waals surface area contributed by atoms with Crippen LogP contribution in [0.2, 0.25) is 0 Å². The second-order valence-corrected chi connectivity index (χ2v) is 10.1. The van der Waals surface area contributed by atoms with Crippen LogP contribution < -0.4 is 11.2 Å². The molecule has 2 saturated heterocycles. The average molecular weight is 509 g/mol. The lowest BCUT2D eigenvalue weighted by Crippen LogP contribution is -2.50. The van der Waals surface area contributed by atoms with E-state index in [0.29, 0.717) is 17.9 Å². The first kappa shape index (κ1) is 28.2. The largest absolute Gasteiger partial charge is 0.465 e. The summed E-state index contributed by atoms with van der Waals surface area (Å²) in [5, 5.41) is 0.697. The number of ether oxygens (including phenoxy) is 1. The van der Waals surface area contributed by atoms with Gasteiger partial charge in [-0.2, -0.15) is 13.5 Å². The minimum atomic E-state index is -4.66. The first-order valence-electron chi connectivity index (χ1n) is 11.5. The molecule has 2 atom stereocenters. The quantitative estimate of drug-likeness (QED) is 0.182. The average Bonchev–Trinajstić information content (AvgIpc) is 3.02. The summed E-state index contributed by atoms with van der Waals surface area (Å²) < 4.78 is 39.8. The van der Waals surface area contributed by atoms with Crippen molar-refractivity contribution in [1.82, 2.24) is 15.4 Å². The normalized spacial score (nSPS) is 20.5. The predicted octanol–water partition coefficient (Wildman–Crippen LogP) is 0.604. The lowest BCUT2D eigenvalue weighted by atomic mass is 9.95. The number of esters is 1. The number of piperidine rings is 1. The predicted molar refractivity (Wildman–Crippen MR) is 119 cm³/mol. The Kier molecular flexibility index (Phi) is 10.5. The summed E-state index contributed by atoms with van der Waals surface area (Å²) in [5.74, 6) is -1.12. The number of hydrogen-bond acceptors (Lipinski definition) is 10. The molecule has 13 nitrogen and oxygen atoms in total. The second-order valence-electron chi connectivity index (χ2n) is 8.94. The molecule has 2 heterocycles. The maximum absolute atomic E-state index is 12.7. The zero-order valence-corrected chi connectivity index (χ0v) is 20.8. The third kappa shape index (κ3) is 7.77. The number of amides is 3. The number of nitrogens with two attached hydrogens (primary N) is 1. The molecular weight excluding hydrogens is 472 g/mol. The van der Waals surface area contributed by atoms with Crippen LogP contribution in [0.15, 0.2) is 0 Å². The van der Waals surface area contributed by atoms with Crippen LogP contribution in [-0.4, -0.2) is 81.3 Å². The van der Waals surface area contributed by atoms with Crippen molar-refractivity contribution in [2.75, 3.05) is 32.9 Å². The number of rotatable bonds is 15. The summed E-state index contributed by atoms with van der Waals surface area (Å²) in [4.78, 5) is 43.4. The van der Waals surface area contributed by atoms with Gasteiger partial charge in [-0.15, -0.1) is 4.28 Å². The van der Waals surface area contributed by atoms with Gasteiger partial charge in [0, 0.05) is 13.1 Å². The molecule has 196 valence electrons. The van der Waals surface area contributed by atoms with Crippen LogP contribution in [0.5, 0.6) is 0 Å². The Morgan fingerprint density at radius 2 is 1.91 bits per heavy atom.